The molecule has 0 unspecified atom stereocenters. The number of halogens is 1. The zero-order chi connectivity index (χ0) is 19.4. The van der Waals surface area contributed by atoms with Crippen molar-refractivity contribution in [3.05, 3.63) is 58.6 Å². The number of carbonyl (C=O) groups excluding carboxylic acids is 1. The van der Waals surface area contributed by atoms with Crippen LogP contribution in [0.1, 0.15) is 35.2 Å². The summed E-state index contributed by atoms with van der Waals surface area (Å²) in [7, 11) is -3.71. The Labute approximate surface area is 163 Å². The molecule has 0 aliphatic carbocycles. The van der Waals surface area contributed by atoms with Crippen LogP contribution in [0.15, 0.2) is 47.4 Å². The molecule has 1 N–H and O–H groups in total. The van der Waals surface area contributed by atoms with E-state index in [2.05, 4.69) is 5.32 Å². The summed E-state index contributed by atoms with van der Waals surface area (Å²) < 4.78 is 27.2. The third-order valence-corrected chi connectivity index (χ3v) is 6.78. The van der Waals surface area contributed by atoms with Gasteiger partial charge < -0.3 is 5.32 Å². The molecule has 0 radical (unpaired) electrons. The van der Waals surface area contributed by atoms with E-state index in [9.17, 15) is 13.2 Å². The van der Waals surface area contributed by atoms with Gasteiger partial charge in [-0.15, -0.1) is 0 Å². The van der Waals surface area contributed by atoms with Crippen molar-refractivity contribution < 1.29 is 13.2 Å². The molecule has 140 valence electrons. The number of anilines is 1. The number of piperidine rings is 1. The van der Waals surface area contributed by atoms with Gasteiger partial charge in [0.1, 0.15) is 4.90 Å². The Morgan fingerprint density at radius 3 is 2.37 bits per heavy atom. The van der Waals surface area contributed by atoms with Gasteiger partial charge >= 0.3 is 0 Å². The molecule has 0 bridgehead atoms. The smallest absolute Gasteiger partial charge is 0.255 e. The maximum Gasteiger partial charge on any atom is 0.255 e. The standard InChI is InChI=1S/C19H18ClN3O3S/c20-17-9-8-16(22-19(24)15-6-4-14(13-21)5-7-15)12-18(17)27(25,26)23-10-2-1-3-11-23/h4-9,12H,1-3,10-11H2,(H,22,24). The van der Waals surface area contributed by atoms with Gasteiger partial charge in [0.15, 0.2) is 0 Å². The molecular formula is C19H18ClN3O3S. The summed E-state index contributed by atoms with van der Waals surface area (Å²) in [5, 5.41) is 11.6. The van der Waals surface area contributed by atoms with Crippen LogP contribution in [0.4, 0.5) is 5.69 Å². The summed E-state index contributed by atoms with van der Waals surface area (Å²) in [5.41, 5.74) is 1.15. The predicted octanol–water partition coefficient (Wildman–Crippen LogP) is 3.64. The van der Waals surface area contributed by atoms with Crippen molar-refractivity contribution in [1.82, 2.24) is 4.31 Å². The minimum Gasteiger partial charge on any atom is -0.322 e. The van der Waals surface area contributed by atoms with Crippen molar-refractivity contribution >= 4 is 33.2 Å². The molecule has 0 spiro atoms. The zero-order valence-electron chi connectivity index (χ0n) is 14.5. The average molecular weight is 404 g/mol. The summed E-state index contributed by atoms with van der Waals surface area (Å²) in [6, 6.07) is 12.6. The minimum atomic E-state index is -3.71. The first kappa shape index (κ1) is 19.4. The number of amides is 1. The van der Waals surface area contributed by atoms with Gasteiger partial charge in [0, 0.05) is 24.3 Å². The fraction of sp³-hybridized carbons (Fsp3) is 0.263. The largest absolute Gasteiger partial charge is 0.322 e. The molecule has 1 heterocycles. The molecule has 3 rings (SSSR count). The summed E-state index contributed by atoms with van der Waals surface area (Å²) in [5.74, 6) is -0.400. The maximum atomic E-state index is 12.9. The van der Waals surface area contributed by atoms with Crippen molar-refractivity contribution in [2.75, 3.05) is 18.4 Å². The van der Waals surface area contributed by atoms with Gasteiger partial charge in [-0.25, -0.2) is 8.42 Å². The van der Waals surface area contributed by atoms with Crippen LogP contribution in [-0.2, 0) is 10.0 Å². The lowest BCUT2D eigenvalue weighted by atomic mass is 10.1. The van der Waals surface area contributed by atoms with Gasteiger partial charge in [0.25, 0.3) is 5.91 Å². The number of sulfonamides is 1. The number of carbonyl (C=O) groups is 1. The maximum absolute atomic E-state index is 12.9. The monoisotopic (exact) mass is 403 g/mol. The van der Waals surface area contributed by atoms with E-state index in [1.54, 1.807) is 18.2 Å². The van der Waals surface area contributed by atoms with E-state index in [1.165, 1.54) is 28.6 Å². The van der Waals surface area contributed by atoms with E-state index < -0.39 is 15.9 Å². The molecule has 8 heteroatoms. The van der Waals surface area contributed by atoms with E-state index in [4.69, 9.17) is 16.9 Å². The van der Waals surface area contributed by atoms with Gasteiger partial charge in [-0.1, -0.05) is 18.0 Å². The van der Waals surface area contributed by atoms with Crippen LogP contribution >= 0.6 is 11.6 Å². The number of rotatable bonds is 4. The topological polar surface area (TPSA) is 90.3 Å². The summed E-state index contributed by atoms with van der Waals surface area (Å²) in [6.07, 6.45) is 2.67. The molecule has 1 aliphatic rings. The number of benzene rings is 2. The molecule has 1 fully saturated rings. The SMILES string of the molecule is N#Cc1ccc(C(=O)Nc2ccc(Cl)c(S(=O)(=O)N3CCCCC3)c2)cc1. The van der Waals surface area contributed by atoms with Crippen molar-refractivity contribution in [1.29, 1.82) is 5.26 Å². The summed E-state index contributed by atoms with van der Waals surface area (Å²) in [4.78, 5) is 12.4. The minimum absolute atomic E-state index is 0.0105. The molecule has 0 atom stereocenters. The van der Waals surface area contributed by atoms with E-state index in [0.717, 1.165) is 19.3 Å². The predicted molar refractivity (Wildman–Crippen MR) is 103 cm³/mol. The van der Waals surface area contributed by atoms with E-state index in [0.29, 0.717) is 29.9 Å². The van der Waals surface area contributed by atoms with E-state index in [1.807, 2.05) is 6.07 Å². The lowest BCUT2D eigenvalue weighted by molar-refractivity contribution is 0.102. The van der Waals surface area contributed by atoms with Crippen LogP contribution in [-0.4, -0.2) is 31.7 Å². The molecular weight excluding hydrogens is 386 g/mol. The Bertz CT molecular complexity index is 992. The highest BCUT2D eigenvalue weighted by atomic mass is 35.5. The molecule has 2 aromatic rings. The number of hydrogen-bond acceptors (Lipinski definition) is 4. The van der Waals surface area contributed by atoms with Crippen molar-refractivity contribution in [2.24, 2.45) is 0 Å². The van der Waals surface area contributed by atoms with E-state index >= 15 is 0 Å². The highest BCUT2D eigenvalue weighted by Gasteiger charge is 2.28. The molecule has 1 aliphatic heterocycles. The highest BCUT2D eigenvalue weighted by Crippen LogP contribution is 2.29. The van der Waals surface area contributed by atoms with E-state index in [-0.39, 0.29) is 9.92 Å². The zero-order valence-corrected chi connectivity index (χ0v) is 16.1. The first-order valence-corrected chi connectivity index (χ1v) is 10.3. The fourth-order valence-corrected chi connectivity index (χ4v) is 4.94. The third-order valence-electron chi connectivity index (χ3n) is 4.40. The number of nitrogens with one attached hydrogen (secondary N) is 1. The Kier molecular flexibility index (Phi) is 5.80. The Hall–Kier alpha value is -2.40. The van der Waals surface area contributed by atoms with Gasteiger partial charge in [-0.05, 0) is 55.3 Å². The lowest BCUT2D eigenvalue weighted by Gasteiger charge is -2.26. The summed E-state index contributed by atoms with van der Waals surface area (Å²) in [6.45, 7) is 0.945. The first-order chi connectivity index (χ1) is 12.9. The molecule has 27 heavy (non-hydrogen) atoms. The number of nitriles is 1. The second-order valence-electron chi connectivity index (χ2n) is 6.25. The normalized spacial score (nSPS) is 15.1. The van der Waals surface area contributed by atoms with Crippen molar-refractivity contribution in [3.63, 3.8) is 0 Å². The fourth-order valence-electron chi connectivity index (χ4n) is 2.92. The Balaban J connectivity index is 1.84. The molecule has 6 nitrogen and oxygen atoms in total. The van der Waals surface area contributed by atoms with Crippen molar-refractivity contribution in [3.8, 4) is 6.07 Å². The third kappa shape index (κ3) is 4.30. The molecule has 0 saturated carbocycles. The molecule has 1 amide bonds. The number of hydrogen-bond donors (Lipinski definition) is 1. The molecule has 0 aromatic heterocycles. The van der Waals surface area contributed by atoms with Crippen LogP contribution in [0.3, 0.4) is 0 Å². The van der Waals surface area contributed by atoms with Crippen LogP contribution in [0.25, 0.3) is 0 Å². The van der Waals surface area contributed by atoms with Crippen LogP contribution in [0, 0.1) is 11.3 Å². The second-order valence-corrected chi connectivity index (χ2v) is 8.57. The first-order valence-electron chi connectivity index (χ1n) is 8.53. The summed E-state index contributed by atoms with van der Waals surface area (Å²) >= 11 is 6.14. The lowest BCUT2D eigenvalue weighted by Crippen LogP contribution is -2.35. The van der Waals surface area contributed by atoms with Gasteiger partial charge in [0.2, 0.25) is 10.0 Å². The van der Waals surface area contributed by atoms with Crippen molar-refractivity contribution in [2.45, 2.75) is 24.2 Å². The Morgan fingerprint density at radius 2 is 1.74 bits per heavy atom. The van der Waals surface area contributed by atoms with Crippen LogP contribution in [0.2, 0.25) is 5.02 Å². The Morgan fingerprint density at radius 1 is 1.07 bits per heavy atom. The average Bonchev–Trinajstić information content (AvgIpc) is 2.70. The highest BCUT2D eigenvalue weighted by molar-refractivity contribution is 7.89. The quantitative estimate of drug-likeness (QED) is 0.843. The molecule has 2 aromatic carbocycles. The molecule has 1 saturated heterocycles. The number of nitrogens with zero attached hydrogens (tertiary/aromatic N) is 2. The van der Waals surface area contributed by atoms with Crippen LogP contribution < -0.4 is 5.32 Å². The van der Waals surface area contributed by atoms with Crippen LogP contribution in [0.5, 0.6) is 0 Å². The van der Waals surface area contributed by atoms with Gasteiger partial charge in [-0.3, -0.25) is 4.79 Å². The van der Waals surface area contributed by atoms with Gasteiger partial charge in [0.05, 0.1) is 16.7 Å². The second kappa shape index (κ2) is 8.09. The van der Waals surface area contributed by atoms with Gasteiger partial charge in [-0.2, -0.15) is 9.57 Å².